The molecule has 0 saturated heterocycles. The molecule has 9 nitrogen and oxygen atoms in total. The molecule has 0 atom stereocenters. The van der Waals surface area contributed by atoms with E-state index in [4.69, 9.17) is 4.74 Å². The van der Waals surface area contributed by atoms with E-state index in [9.17, 15) is 0 Å². The van der Waals surface area contributed by atoms with Crippen LogP contribution in [0.2, 0.25) is 0 Å². The highest BCUT2D eigenvalue weighted by Crippen LogP contribution is 2.16. The van der Waals surface area contributed by atoms with Crippen molar-refractivity contribution in [3.8, 4) is 0 Å². The first-order valence-corrected chi connectivity index (χ1v) is 17.5. The number of hydrogen-bond acceptors (Lipinski definition) is 5. The lowest BCUT2D eigenvalue weighted by atomic mass is 9.97. The Balaban J connectivity index is 0.000000308. The number of ether oxygens (including phenoxy) is 1. The molecule has 46 heavy (non-hydrogen) atoms. The zero-order chi connectivity index (χ0) is 34.2. The SMILES string of the molecule is CCCCCCCn1ccnc1C.CCCCn1ccnc1C.CCCOCCn1ccnc1C.Cc1nccn1CC(C)(C)C. The van der Waals surface area contributed by atoms with Gasteiger partial charge in [0.05, 0.1) is 6.61 Å². The zero-order valence-corrected chi connectivity index (χ0v) is 31.0. The second-order valence-electron chi connectivity index (χ2n) is 13.0. The predicted octanol–water partition coefficient (Wildman–Crippen LogP) is 9.01. The van der Waals surface area contributed by atoms with Crippen molar-refractivity contribution in [3.05, 3.63) is 72.9 Å². The number of unbranched alkanes of at least 4 members (excludes halogenated alkanes) is 5. The highest BCUT2D eigenvalue weighted by atomic mass is 16.5. The minimum atomic E-state index is 0.339. The molecule has 0 fully saturated rings. The Morgan fingerprint density at radius 2 is 0.913 bits per heavy atom. The molecule has 0 bridgehead atoms. The van der Waals surface area contributed by atoms with Crippen molar-refractivity contribution in [1.82, 2.24) is 38.2 Å². The molecule has 0 saturated carbocycles. The Morgan fingerprint density at radius 3 is 1.30 bits per heavy atom. The van der Waals surface area contributed by atoms with Crippen molar-refractivity contribution >= 4 is 0 Å². The van der Waals surface area contributed by atoms with Crippen molar-refractivity contribution in [2.24, 2.45) is 5.41 Å². The first-order chi connectivity index (χ1) is 22.0. The molecule has 0 aromatic carbocycles. The van der Waals surface area contributed by atoms with E-state index in [0.29, 0.717) is 5.41 Å². The summed E-state index contributed by atoms with van der Waals surface area (Å²) in [5.74, 6) is 4.40. The molecule has 0 N–H and O–H groups in total. The number of imidazole rings is 4. The fourth-order valence-corrected chi connectivity index (χ4v) is 4.63. The van der Waals surface area contributed by atoms with Gasteiger partial charge in [0.2, 0.25) is 0 Å². The maximum absolute atomic E-state index is 5.36. The maximum Gasteiger partial charge on any atom is 0.105 e. The third-order valence-electron chi connectivity index (χ3n) is 7.42. The fourth-order valence-electron chi connectivity index (χ4n) is 4.63. The summed E-state index contributed by atoms with van der Waals surface area (Å²) in [6.45, 7) is 27.2. The molecule has 260 valence electrons. The van der Waals surface area contributed by atoms with Gasteiger partial charge in [0.15, 0.2) is 0 Å². The van der Waals surface area contributed by atoms with E-state index in [1.807, 2.05) is 64.1 Å². The molecule has 4 aromatic rings. The highest BCUT2D eigenvalue weighted by Gasteiger charge is 2.11. The van der Waals surface area contributed by atoms with Gasteiger partial charge in [-0.3, -0.25) is 0 Å². The smallest absolute Gasteiger partial charge is 0.105 e. The van der Waals surface area contributed by atoms with Gasteiger partial charge in [0.25, 0.3) is 0 Å². The molecule has 0 aliphatic heterocycles. The Kier molecular flexibility index (Phi) is 21.3. The second kappa shape index (κ2) is 24.0. The van der Waals surface area contributed by atoms with Crippen LogP contribution in [0.5, 0.6) is 0 Å². The molecule has 4 heterocycles. The van der Waals surface area contributed by atoms with Gasteiger partial charge in [-0.05, 0) is 52.4 Å². The molecular weight excluding hydrogens is 572 g/mol. The highest BCUT2D eigenvalue weighted by molar-refractivity contribution is 4.90. The minimum absolute atomic E-state index is 0.339. The van der Waals surface area contributed by atoms with Gasteiger partial charge < -0.3 is 23.0 Å². The van der Waals surface area contributed by atoms with Crippen molar-refractivity contribution in [1.29, 1.82) is 0 Å². The second-order valence-corrected chi connectivity index (χ2v) is 13.0. The largest absolute Gasteiger partial charge is 0.380 e. The van der Waals surface area contributed by atoms with Crippen molar-refractivity contribution in [2.75, 3.05) is 13.2 Å². The Hall–Kier alpha value is -3.20. The van der Waals surface area contributed by atoms with E-state index >= 15 is 0 Å². The molecule has 0 spiro atoms. The van der Waals surface area contributed by atoms with Crippen molar-refractivity contribution in [3.63, 3.8) is 0 Å². The summed E-state index contributed by atoms with van der Waals surface area (Å²) >= 11 is 0. The van der Waals surface area contributed by atoms with E-state index in [2.05, 4.69) is 92.9 Å². The summed E-state index contributed by atoms with van der Waals surface area (Å²) in [6, 6.07) is 0. The first kappa shape index (κ1) is 40.8. The predicted molar refractivity (Wildman–Crippen MR) is 192 cm³/mol. The molecule has 0 unspecified atom stereocenters. The summed E-state index contributed by atoms with van der Waals surface area (Å²) in [5, 5.41) is 0. The van der Waals surface area contributed by atoms with Crippen LogP contribution in [0, 0.1) is 33.1 Å². The lowest BCUT2D eigenvalue weighted by Crippen LogP contribution is -2.15. The third-order valence-corrected chi connectivity index (χ3v) is 7.42. The molecule has 4 aromatic heterocycles. The van der Waals surface area contributed by atoms with E-state index < -0.39 is 0 Å². The van der Waals surface area contributed by atoms with Gasteiger partial charge in [-0.25, -0.2) is 19.9 Å². The van der Waals surface area contributed by atoms with Gasteiger partial charge in [0, 0.05) is 82.4 Å². The summed E-state index contributed by atoms with van der Waals surface area (Å²) in [5.41, 5.74) is 0.339. The average Bonchev–Trinajstić information content (AvgIpc) is 3.82. The van der Waals surface area contributed by atoms with E-state index in [1.54, 1.807) is 0 Å². The van der Waals surface area contributed by atoms with Crippen LogP contribution in [0.25, 0.3) is 0 Å². The van der Waals surface area contributed by atoms with Crippen LogP contribution in [-0.2, 0) is 30.9 Å². The summed E-state index contributed by atoms with van der Waals surface area (Å²) in [6.07, 6.45) is 25.8. The number of nitrogens with zero attached hydrogens (tertiary/aromatic N) is 8. The molecule has 4 rings (SSSR count). The van der Waals surface area contributed by atoms with Crippen LogP contribution in [0.1, 0.15) is 116 Å². The molecule has 9 heteroatoms. The fraction of sp³-hybridized carbons (Fsp3) is 0.676. The van der Waals surface area contributed by atoms with Gasteiger partial charge in [-0.1, -0.05) is 73.6 Å². The molecule has 0 amide bonds. The van der Waals surface area contributed by atoms with E-state index in [1.165, 1.54) is 44.9 Å². The monoisotopic (exact) mass is 639 g/mol. The summed E-state index contributed by atoms with van der Waals surface area (Å²) < 4.78 is 14.0. The number of rotatable bonds is 15. The number of hydrogen-bond donors (Lipinski definition) is 0. The normalized spacial score (nSPS) is 10.8. The van der Waals surface area contributed by atoms with Crippen LogP contribution in [0.3, 0.4) is 0 Å². The standard InChI is InChI=1S/C11H20N2.C9H16N2O.C9H16N2.C8H14N2/c1-3-4-5-6-7-9-13-10-8-12-11(13)2;1-3-7-12-8-6-11-5-4-10-9(11)2;1-8-10-5-6-11(8)7-9(2,3)4;1-3-4-6-10-7-5-9-8(10)2/h8,10H,3-7,9H2,1-2H3;4-5H,3,6-8H2,1-2H3;5-6H,7H2,1-4H3;5,7H,3-4,6H2,1-2H3. The van der Waals surface area contributed by atoms with Crippen molar-refractivity contribution < 1.29 is 4.74 Å². The van der Waals surface area contributed by atoms with Crippen LogP contribution < -0.4 is 0 Å². The minimum Gasteiger partial charge on any atom is -0.380 e. The molecule has 0 aliphatic rings. The third kappa shape index (κ3) is 18.7. The first-order valence-electron chi connectivity index (χ1n) is 17.5. The van der Waals surface area contributed by atoms with Crippen LogP contribution in [-0.4, -0.2) is 51.4 Å². The Labute approximate surface area is 280 Å². The van der Waals surface area contributed by atoms with Crippen LogP contribution in [0.4, 0.5) is 0 Å². The van der Waals surface area contributed by atoms with Gasteiger partial charge in [0.1, 0.15) is 23.3 Å². The lowest BCUT2D eigenvalue weighted by molar-refractivity contribution is 0.126. The van der Waals surface area contributed by atoms with Gasteiger partial charge in [-0.2, -0.15) is 0 Å². The van der Waals surface area contributed by atoms with Gasteiger partial charge >= 0.3 is 0 Å². The van der Waals surface area contributed by atoms with Crippen LogP contribution in [0.15, 0.2) is 49.6 Å². The molecular formula is C37H66N8O. The van der Waals surface area contributed by atoms with Gasteiger partial charge in [-0.15, -0.1) is 0 Å². The molecule has 0 aliphatic carbocycles. The Morgan fingerprint density at radius 1 is 0.500 bits per heavy atom. The topological polar surface area (TPSA) is 80.5 Å². The van der Waals surface area contributed by atoms with E-state index in [0.717, 1.165) is 69.1 Å². The quantitative estimate of drug-likeness (QED) is 0.121. The summed E-state index contributed by atoms with van der Waals surface area (Å²) in [4.78, 5) is 16.6. The van der Waals surface area contributed by atoms with E-state index in [-0.39, 0.29) is 0 Å². The Bertz CT molecular complexity index is 1260. The van der Waals surface area contributed by atoms with Crippen LogP contribution >= 0.6 is 0 Å². The molecule has 0 radical (unpaired) electrons. The number of aromatic nitrogens is 8. The van der Waals surface area contributed by atoms with Crippen molar-refractivity contribution in [2.45, 2.75) is 147 Å². The number of aryl methyl sites for hydroxylation is 6. The zero-order valence-electron chi connectivity index (χ0n) is 31.0. The summed E-state index contributed by atoms with van der Waals surface area (Å²) in [7, 11) is 0. The lowest BCUT2D eigenvalue weighted by Gasteiger charge is -2.19. The average molecular weight is 639 g/mol. The maximum atomic E-state index is 5.36.